The third-order valence-corrected chi connectivity index (χ3v) is 4.55. The van der Waals surface area contributed by atoms with Gasteiger partial charge in [0.2, 0.25) is 0 Å². The Bertz CT molecular complexity index is 591. The van der Waals surface area contributed by atoms with Gasteiger partial charge in [-0.25, -0.2) is 4.98 Å². The molecule has 1 unspecified atom stereocenters. The number of benzene rings is 1. The molecule has 1 heterocycles. The average molecular weight is 306 g/mol. The number of hydrogen-bond donors (Lipinski definition) is 1. The van der Waals surface area contributed by atoms with Crippen LogP contribution in [0.2, 0.25) is 0 Å². The van der Waals surface area contributed by atoms with Crippen molar-refractivity contribution < 1.29 is 9.47 Å². The molecule has 0 saturated carbocycles. The van der Waals surface area contributed by atoms with E-state index < -0.39 is 0 Å². The predicted octanol–water partition coefficient (Wildman–Crippen LogP) is 2.89. The van der Waals surface area contributed by atoms with Crippen molar-refractivity contribution in [3.8, 4) is 11.5 Å². The summed E-state index contributed by atoms with van der Waals surface area (Å²) in [6.45, 7) is 4.13. The van der Waals surface area contributed by atoms with Crippen molar-refractivity contribution >= 4 is 11.3 Å². The minimum absolute atomic E-state index is 0.0491. The van der Waals surface area contributed by atoms with Gasteiger partial charge in [0, 0.05) is 17.3 Å². The zero-order valence-corrected chi connectivity index (χ0v) is 13.8. The quantitative estimate of drug-likeness (QED) is 0.891. The van der Waals surface area contributed by atoms with E-state index in [0.717, 1.165) is 40.6 Å². The summed E-state index contributed by atoms with van der Waals surface area (Å²) >= 11 is 1.73. The molecule has 0 aliphatic rings. The van der Waals surface area contributed by atoms with Gasteiger partial charge in [-0.05, 0) is 38.0 Å². The van der Waals surface area contributed by atoms with Crippen molar-refractivity contribution in [3.63, 3.8) is 0 Å². The molecule has 0 aliphatic carbocycles. The summed E-state index contributed by atoms with van der Waals surface area (Å²) in [5.41, 5.74) is 8.50. The third kappa shape index (κ3) is 3.95. The molecule has 2 rings (SSSR count). The molecule has 21 heavy (non-hydrogen) atoms. The molecule has 0 aliphatic heterocycles. The lowest BCUT2D eigenvalue weighted by Crippen LogP contribution is -2.25. The summed E-state index contributed by atoms with van der Waals surface area (Å²) in [6, 6.07) is 5.97. The number of ether oxygens (including phenoxy) is 2. The Morgan fingerprint density at radius 3 is 2.43 bits per heavy atom. The Balaban J connectivity index is 2.03. The van der Waals surface area contributed by atoms with Crippen molar-refractivity contribution in [3.05, 3.63) is 39.3 Å². The van der Waals surface area contributed by atoms with Gasteiger partial charge in [-0.1, -0.05) is 6.07 Å². The molecule has 1 aromatic carbocycles. The first kappa shape index (κ1) is 15.8. The van der Waals surface area contributed by atoms with Crippen LogP contribution in [0.1, 0.15) is 21.1 Å². The van der Waals surface area contributed by atoms with Crippen LogP contribution in [0.5, 0.6) is 11.5 Å². The number of methoxy groups -OCH3 is 2. The Labute approximate surface area is 129 Å². The van der Waals surface area contributed by atoms with E-state index in [-0.39, 0.29) is 6.04 Å². The first-order valence-electron chi connectivity index (χ1n) is 6.93. The predicted molar refractivity (Wildman–Crippen MR) is 86.5 cm³/mol. The lowest BCUT2D eigenvalue weighted by Gasteiger charge is -2.13. The van der Waals surface area contributed by atoms with Gasteiger partial charge >= 0.3 is 0 Å². The van der Waals surface area contributed by atoms with Crippen LogP contribution >= 0.6 is 11.3 Å². The normalized spacial score (nSPS) is 12.2. The van der Waals surface area contributed by atoms with Crippen molar-refractivity contribution in [1.82, 2.24) is 4.98 Å². The van der Waals surface area contributed by atoms with E-state index in [1.165, 1.54) is 4.88 Å². The summed E-state index contributed by atoms with van der Waals surface area (Å²) in [7, 11) is 3.28. The molecule has 5 heteroatoms. The van der Waals surface area contributed by atoms with Crippen LogP contribution in [0.3, 0.4) is 0 Å². The number of aromatic nitrogens is 1. The topological polar surface area (TPSA) is 57.4 Å². The second kappa shape index (κ2) is 6.91. The Morgan fingerprint density at radius 1 is 1.14 bits per heavy atom. The fourth-order valence-electron chi connectivity index (χ4n) is 2.23. The van der Waals surface area contributed by atoms with E-state index in [2.05, 4.69) is 11.9 Å². The summed E-state index contributed by atoms with van der Waals surface area (Å²) in [6.07, 6.45) is 1.59. The second-order valence-electron chi connectivity index (χ2n) is 5.11. The van der Waals surface area contributed by atoms with Crippen LogP contribution in [0.4, 0.5) is 0 Å². The molecule has 2 N–H and O–H groups in total. The summed E-state index contributed by atoms with van der Waals surface area (Å²) in [5, 5.41) is 1.11. The molecule has 1 atom stereocenters. The number of nitrogens with zero attached hydrogens (tertiary/aromatic N) is 1. The molecule has 0 saturated heterocycles. The lowest BCUT2D eigenvalue weighted by molar-refractivity contribution is 0.354. The van der Waals surface area contributed by atoms with Gasteiger partial charge in [-0.15, -0.1) is 11.3 Å². The van der Waals surface area contributed by atoms with E-state index in [1.807, 2.05) is 25.1 Å². The Hall–Kier alpha value is -1.59. The number of thiazole rings is 1. The molecule has 0 radical (unpaired) electrons. The maximum absolute atomic E-state index is 6.25. The first-order chi connectivity index (χ1) is 10.0. The fourth-order valence-corrected chi connectivity index (χ4v) is 3.26. The number of nitrogens with two attached hydrogens (primary N) is 1. The van der Waals surface area contributed by atoms with E-state index in [9.17, 15) is 0 Å². The van der Waals surface area contributed by atoms with E-state index >= 15 is 0 Å². The minimum Gasteiger partial charge on any atom is -0.493 e. The zero-order valence-electron chi connectivity index (χ0n) is 13.0. The maximum atomic E-state index is 6.25. The molecule has 114 valence electrons. The SMILES string of the molecule is COc1ccc(CC(N)Cc2nc(C)c(C)s2)cc1OC. The molecule has 0 fully saturated rings. The van der Waals surface area contributed by atoms with E-state index in [0.29, 0.717) is 0 Å². The van der Waals surface area contributed by atoms with Gasteiger partial charge in [0.15, 0.2) is 11.5 Å². The van der Waals surface area contributed by atoms with Crippen molar-refractivity contribution in [2.45, 2.75) is 32.7 Å². The molecule has 2 aromatic rings. The van der Waals surface area contributed by atoms with Gasteiger partial charge in [0.25, 0.3) is 0 Å². The largest absolute Gasteiger partial charge is 0.493 e. The highest BCUT2D eigenvalue weighted by atomic mass is 32.1. The molecule has 4 nitrogen and oxygen atoms in total. The van der Waals surface area contributed by atoms with Crippen LogP contribution in [-0.4, -0.2) is 25.2 Å². The van der Waals surface area contributed by atoms with Crippen LogP contribution < -0.4 is 15.2 Å². The lowest BCUT2D eigenvalue weighted by atomic mass is 10.0. The Morgan fingerprint density at radius 2 is 1.86 bits per heavy atom. The summed E-state index contributed by atoms with van der Waals surface area (Å²) in [4.78, 5) is 5.81. The summed E-state index contributed by atoms with van der Waals surface area (Å²) in [5.74, 6) is 1.48. The smallest absolute Gasteiger partial charge is 0.160 e. The average Bonchev–Trinajstić information content (AvgIpc) is 2.76. The second-order valence-corrected chi connectivity index (χ2v) is 6.39. The van der Waals surface area contributed by atoms with Gasteiger partial charge < -0.3 is 15.2 Å². The Kier molecular flexibility index (Phi) is 5.20. The molecule has 0 bridgehead atoms. The van der Waals surface area contributed by atoms with Crippen LogP contribution in [0.15, 0.2) is 18.2 Å². The van der Waals surface area contributed by atoms with Crippen LogP contribution in [-0.2, 0) is 12.8 Å². The molecule has 0 spiro atoms. The highest BCUT2D eigenvalue weighted by Crippen LogP contribution is 2.28. The summed E-state index contributed by atoms with van der Waals surface area (Å²) < 4.78 is 10.6. The van der Waals surface area contributed by atoms with Crippen molar-refractivity contribution in [2.24, 2.45) is 5.73 Å². The number of aryl methyl sites for hydroxylation is 2. The molecular formula is C16H22N2O2S. The van der Waals surface area contributed by atoms with E-state index in [1.54, 1.807) is 25.6 Å². The fraction of sp³-hybridized carbons (Fsp3) is 0.438. The highest BCUT2D eigenvalue weighted by molar-refractivity contribution is 7.11. The number of rotatable bonds is 6. The van der Waals surface area contributed by atoms with Gasteiger partial charge in [0.05, 0.1) is 24.9 Å². The van der Waals surface area contributed by atoms with Gasteiger partial charge in [-0.3, -0.25) is 0 Å². The molecule has 1 aromatic heterocycles. The zero-order chi connectivity index (χ0) is 15.4. The van der Waals surface area contributed by atoms with Crippen LogP contribution in [0, 0.1) is 13.8 Å². The number of hydrogen-bond acceptors (Lipinski definition) is 5. The molecule has 0 amide bonds. The van der Waals surface area contributed by atoms with Gasteiger partial charge in [0.1, 0.15) is 0 Å². The maximum Gasteiger partial charge on any atom is 0.160 e. The van der Waals surface area contributed by atoms with Gasteiger partial charge in [-0.2, -0.15) is 0 Å². The third-order valence-electron chi connectivity index (χ3n) is 3.46. The first-order valence-corrected chi connectivity index (χ1v) is 7.74. The molecular weight excluding hydrogens is 284 g/mol. The van der Waals surface area contributed by atoms with Crippen LogP contribution in [0.25, 0.3) is 0 Å². The standard InChI is InChI=1S/C16H22N2O2S/c1-10-11(2)21-16(18-10)9-13(17)7-12-5-6-14(19-3)15(8-12)20-4/h5-6,8,13H,7,9,17H2,1-4H3. The highest BCUT2D eigenvalue weighted by Gasteiger charge is 2.12. The monoisotopic (exact) mass is 306 g/mol. The van der Waals surface area contributed by atoms with Crippen molar-refractivity contribution in [1.29, 1.82) is 0 Å². The minimum atomic E-state index is 0.0491. The van der Waals surface area contributed by atoms with Crippen molar-refractivity contribution in [2.75, 3.05) is 14.2 Å². The van der Waals surface area contributed by atoms with E-state index in [4.69, 9.17) is 15.2 Å².